The van der Waals surface area contributed by atoms with Crippen LogP contribution in [0.4, 0.5) is 0 Å². The molecule has 0 fully saturated rings. The molecule has 5 heteroatoms. The zero-order chi connectivity index (χ0) is 13.9. The van der Waals surface area contributed by atoms with E-state index in [1.54, 1.807) is 7.11 Å². The van der Waals surface area contributed by atoms with Crippen molar-refractivity contribution in [2.45, 2.75) is 19.4 Å². The average molecular weight is 327 g/mol. The first-order chi connectivity index (χ1) is 9.27. The van der Waals surface area contributed by atoms with E-state index < -0.39 is 0 Å². The molecule has 1 N–H and O–H groups in total. The van der Waals surface area contributed by atoms with E-state index >= 15 is 0 Å². The summed E-state index contributed by atoms with van der Waals surface area (Å²) in [5.41, 5.74) is 1.15. The lowest BCUT2D eigenvalue weighted by Crippen LogP contribution is -2.18. The number of methoxy groups -OCH3 is 1. The summed E-state index contributed by atoms with van der Waals surface area (Å²) in [5, 5.41) is 11.7. The first kappa shape index (κ1) is 16.0. The van der Waals surface area contributed by atoms with Crippen LogP contribution in [0.2, 0.25) is 0 Å². The Balaban J connectivity index is 2.44. The Morgan fingerprint density at radius 2 is 2.21 bits per heavy atom. The number of ether oxygens (including phenoxy) is 2. The zero-order valence-electron chi connectivity index (χ0n) is 11.1. The lowest BCUT2D eigenvalue weighted by atomic mass is 10.2. The van der Waals surface area contributed by atoms with Gasteiger partial charge in [-0.25, -0.2) is 0 Å². The van der Waals surface area contributed by atoms with Crippen molar-refractivity contribution >= 4 is 15.9 Å². The Morgan fingerprint density at radius 3 is 2.95 bits per heavy atom. The quantitative estimate of drug-likeness (QED) is 0.709. The molecule has 0 heterocycles. The highest BCUT2D eigenvalue weighted by Gasteiger charge is 2.02. The van der Waals surface area contributed by atoms with Gasteiger partial charge in [-0.3, -0.25) is 0 Å². The maximum atomic E-state index is 8.45. The van der Waals surface area contributed by atoms with Gasteiger partial charge in [-0.1, -0.05) is 15.9 Å². The molecule has 0 bridgehead atoms. The number of rotatable bonds is 9. The molecule has 0 spiro atoms. The molecule has 0 amide bonds. The average Bonchev–Trinajstić information content (AvgIpc) is 2.42. The van der Waals surface area contributed by atoms with Crippen LogP contribution >= 0.6 is 15.9 Å². The van der Waals surface area contributed by atoms with Crippen molar-refractivity contribution in [2.24, 2.45) is 0 Å². The molecule has 1 rings (SSSR count). The fourth-order valence-electron chi connectivity index (χ4n) is 1.51. The molecule has 0 atom stereocenters. The molecule has 0 aliphatic heterocycles. The smallest absolute Gasteiger partial charge is 0.119 e. The molecular weight excluding hydrogens is 308 g/mol. The minimum atomic E-state index is 0.530. The van der Waals surface area contributed by atoms with E-state index in [9.17, 15) is 0 Å². The molecule has 19 heavy (non-hydrogen) atoms. The van der Waals surface area contributed by atoms with Crippen LogP contribution in [-0.4, -0.2) is 26.9 Å². The highest BCUT2D eigenvalue weighted by molar-refractivity contribution is 9.10. The van der Waals surface area contributed by atoms with E-state index in [1.807, 2.05) is 18.2 Å². The normalized spacial score (nSPS) is 10.2. The van der Waals surface area contributed by atoms with Crippen LogP contribution in [-0.2, 0) is 11.3 Å². The van der Waals surface area contributed by atoms with Gasteiger partial charge in [0, 0.05) is 31.1 Å². The molecule has 1 aromatic carbocycles. The highest BCUT2D eigenvalue weighted by Crippen LogP contribution is 2.22. The van der Waals surface area contributed by atoms with Gasteiger partial charge in [0.1, 0.15) is 5.75 Å². The Morgan fingerprint density at radius 1 is 1.37 bits per heavy atom. The summed E-state index contributed by atoms with van der Waals surface area (Å²) in [5.74, 6) is 0.838. The van der Waals surface area contributed by atoms with E-state index in [0.29, 0.717) is 19.6 Å². The van der Waals surface area contributed by atoms with Crippen LogP contribution in [0.5, 0.6) is 5.75 Å². The summed E-state index contributed by atoms with van der Waals surface area (Å²) in [6, 6.07) is 8.02. The third-order valence-corrected chi connectivity index (χ3v) is 3.29. The van der Waals surface area contributed by atoms with Crippen LogP contribution in [0.15, 0.2) is 22.7 Å². The molecular formula is C14H19BrN2O2. The van der Waals surface area contributed by atoms with Crippen LogP contribution in [0, 0.1) is 11.3 Å². The van der Waals surface area contributed by atoms with Crippen molar-refractivity contribution < 1.29 is 9.47 Å². The predicted octanol–water partition coefficient (Wildman–Crippen LogP) is 2.87. The van der Waals surface area contributed by atoms with E-state index in [-0.39, 0.29) is 0 Å². The Kier molecular flexibility index (Phi) is 8.23. The Bertz CT molecular complexity index is 418. The molecule has 0 aliphatic rings. The Hall–Kier alpha value is -1.09. The fraction of sp³-hybridized carbons (Fsp3) is 0.500. The van der Waals surface area contributed by atoms with E-state index in [2.05, 4.69) is 27.3 Å². The largest absolute Gasteiger partial charge is 0.494 e. The second-order valence-electron chi connectivity index (χ2n) is 4.03. The van der Waals surface area contributed by atoms with Crippen molar-refractivity contribution in [2.75, 3.05) is 26.9 Å². The van der Waals surface area contributed by atoms with Gasteiger partial charge in [0.05, 0.1) is 19.3 Å². The number of nitriles is 1. The highest BCUT2D eigenvalue weighted by atomic mass is 79.9. The van der Waals surface area contributed by atoms with Gasteiger partial charge in [0.25, 0.3) is 0 Å². The van der Waals surface area contributed by atoms with Crippen molar-refractivity contribution in [1.82, 2.24) is 5.32 Å². The number of halogens is 1. The monoisotopic (exact) mass is 326 g/mol. The number of hydrogen-bond donors (Lipinski definition) is 1. The van der Waals surface area contributed by atoms with Gasteiger partial charge in [0.15, 0.2) is 0 Å². The lowest BCUT2D eigenvalue weighted by molar-refractivity contribution is 0.199. The van der Waals surface area contributed by atoms with Crippen LogP contribution in [0.3, 0.4) is 0 Å². The zero-order valence-corrected chi connectivity index (χ0v) is 12.7. The number of nitrogens with one attached hydrogen (secondary N) is 1. The standard InChI is InChI=1S/C14H19BrN2O2/c1-18-9-7-17-11-12-10-13(4-5-14(12)15)19-8-3-2-6-16/h4-5,10,17H,2-3,7-9,11H2,1H3. The molecule has 104 valence electrons. The van der Waals surface area contributed by atoms with Gasteiger partial charge in [0.2, 0.25) is 0 Å². The number of unbranched alkanes of at least 4 members (excludes halogenated alkanes) is 1. The fourth-order valence-corrected chi connectivity index (χ4v) is 1.90. The molecule has 4 nitrogen and oxygen atoms in total. The topological polar surface area (TPSA) is 54.3 Å². The van der Waals surface area contributed by atoms with Crippen molar-refractivity contribution in [3.63, 3.8) is 0 Å². The molecule has 0 saturated carbocycles. The lowest BCUT2D eigenvalue weighted by Gasteiger charge is -2.10. The third kappa shape index (κ3) is 6.58. The van der Waals surface area contributed by atoms with Crippen molar-refractivity contribution in [1.29, 1.82) is 5.26 Å². The Labute approximate surface area is 122 Å². The molecule has 1 aromatic rings. The maximum Gasteiger partial charge on any atom is 0.119 e. The summed E-state index contributed by atoms with van der Waals surface area (Å²) < 4.78 is 11.6. The van der Waals surface area contributed by atoms with Crippen molar-refractivity contribution in [3.8, 4) is 11.8 Å². The van der Waals surface area contributed by atoms with E-state index in [1.165, 1.54) is 0 Å². The molecule has 0 aliphatic carbocycles. The summed E-state index contributed by atoms with van der Waals surface area (Å²) in [7, 11) is 1.69. The third-order valence-electron chi connectivity index (χ3n) is 2.52. The first-order valence-electron chi connectivity index (χ1n) is 6.25. The second-order valence-corrected chi connectivity index (χ2v) is 4.89. The molecule has 0 aromatic heterocycles. The van der Waals surface area contributed by atoms with E-state index in [0.717, 1.165) is 35.3 Å². The number of hydrogen-bond acceptors (Lipinski definition) is 4. The minimum Gasteiger partial charge on any atom is -0.494 e. The second kappa shape index (κ2) is 9.79. The molecule has 0 unspecified atom stereocenters. The van der Waals surface area contributed by atoms with Gasteiger partial charge in [-0.05, 0) is 30.2 Å². The summed E-state index contributed by atoms with van der Waals surface area (Å²) >= 11 is 3.52. The number of benzene rings is 1. The summed E-state index contributed by atoms with van der Waals surface area (Å²) in [4.78, 5) is 0. The van der Waals surface area contributed by atoms with Crippen LogP contribution < -0.4 is 10.1 Å². The van der Waals surface area contributed by atoms with E-state index in [4.69, 9.17) is 14.7 Å². The van der Waals surface area contributed by atoms with Crippen molar-refractivity contribution in [3.05, 3.63) is 28.2 Å². The number of nitrogens with zero attached hydrogens (tertiary/aromatic N) is 1. The van der Waals surface area contributed by atoms with Gasteiger partial charge < -0.3 is 14.8 Å². The van der Waals surface area contributed by atoms with Gasteiger partial charge in [-0.15, -0.1) is 0 Å². The van der Waals surface area contributed by atoms with Crippen LogP contribution in [0.1, 0.15) is 18.4 Å². The van der Waals surface area contributed by atoms with Crippen LogP contribution in [0.25, 0.3) is 0 Å². The molecule has 0 saturated heterocycles. The summed E-state index contributed by atoms with van der Waals surface area (Å²) in [6.45, 7) is 2.85. The SMILES string of the molecule is COCCNCc1cc(OCCCC#N)ccc1Br. The molecule has 0 radical (unpaired) electrons. The minimum absolute atomic E-state index is 0.530. The predicted molar refractivity (Wildman–Crippen MR) is 78.1 cm³/mol. The summed E-state index contributed by atoms with van der Waals surface area (Å²) in [6.07, 6.45) is 1.29. The maximum absolute atomic E-state index is 8.45. The first-order valence-corrected chi connectivity index (χ1v) is 7.05. The van der Waals surface area contributed by atoms with Gasteiger partial charge in [-0.2, -0.15) is 5.26 Å². The van der Waals surface area contributed by atoms with Gasteiger partial charge >= 0.3 is 0 Å².